The molecule has 0 saturated carbocycles. The Bertz CT molecular complexity index is 530. The monoisotopic (exact) mass is 214 g/mol. The van der Waals surface area contributed by atoms with Gasteiger partial charge in [-0.1, -0.05) is 12.1 Å². The summed E-state index contributed by atoms with van der Waals surface area (Å²) in [4.78, 5) is 0. The minimum atomic E-state index is 0.252. The second kappa shape index (κ2) is 3.89. The summed E-state index contributed by atoms with van der Waals surface area (Å²) >= 11 is 0. The van der Waals surface area contributed by atoms with E-state index in [-0.39, 0.29) is 5.75 Å². The molecule has 0 fully saturated rings. The van der Waals surface area contributed by atoms with E-state index in [1.165, 1.54) is 0 Å². The maximum Gasteiger partial charge on any atom is 0.118 e. The summed E-state index contributed by atoms with van der Waals surface area (Å²) in [7, 11) is 0. The first-order valence-electron chi connectivity index (χ1n) is 5.17. The first-order valence-corrected chi connectivity index (χ1v) is 5.17. The number of hydrogen-bond donors (Lipinski definition) is 2. The van der Waals surface area contributed by atoms with Crippen molar-refractivity contribution < 1.29 is 10.2 Å². The Morgan fingerprint density at radius 3 is 2.31 bits per heavy atom. The van der Waals surface area contributed by atoms with Gasteiger partial charge in [0, 0.05) is 0 Å². The van der Waals surface area contributed by atoms with Crippen molar-refractivity contribution >= 4 is 0 Å². The molecule has 2 heteroatoms. The summed E-state index contributed by atoms with van der Waals surface area (Å²) in [5.41, 5.74) is 3.82. The van der Waals surface area contributed by atoms with Gasteiger partial charge in [-0.15, -0.1) is 0 Å². The maximum absolute atomic E-state index is 9.58. The van der Waals surface area contributed by atoms with Crippen LogP contribution < -0.4 is 0 Å². The molecule has 0 atom stereocenters. The molecule has 2 aromatic rings. The zero-order chi connectivity index (χ0) is 11.7. The molecule has 0 bridgehead atoms. The van der Waals surface area contributed by atoms with E-state index in [2.05, 4.69) is 0 Å². The second-order valence-electron chi connectivity index (χ2n) is 4.00. The van der Waals surface area contributed by atoms with Crippen LogP contribution in [-0.2, 0) is 0 Å². The molecule has 0 heterocycles. The van der Waals surface area contributed by atoms with Crippen molar-refractivity contribution in [2.45, 2.75) is 13.8 Å². The highest BCUT2D eigenvalue weighted by Crippen LogP contribution is 2.30. The lowest BCUT2D eigenvalue weighted by molar-refractivity contribution is 0.471. The smallest absolute Gasteiger partial charge is 0.118 e. The highest BCUT2D eigenvalue weighted by atomic mass is 16.3. The number of rotatable bonds is 1. The first kappa shape index (κ1) is 10.6. The predicted octanol–water partition coefficient (Wildman–Crippen LogP) is 3.38. The molecule has 0 spiro atoms. The van der Waals surface area contributed by atoms with Crippen LogP contribution in [0.3, 0.4) is 0 Å². The van der Waals surface area contributed by atoms with E-state index in [0.717, 1.165) is 22.3 Å². The van der Waals surface area contributed by atoms with Gasteiger partial charge in [0.05, 0.1) is 0 Å². The molecule has 2 N–H and O–H groups in total. The van der Waals surface area contributed by atoms with Gasteiger partial charge >= 0.3 is 0 Å². The molecule has 0 unspecified atom stereocenters. The quantitative estimate of drug-likeness (QED) is 0.764. The summed E-state index contributed by atoms with van der Waals surface area (Å²) in [6, 6.07) is 10.8. The highest BCUT2D eigenvalue weighted by molar-refractivity contribution is 5.70. The van der Waals surface area contributed by atoms with Crippen molar-refractivity contribution in [3.63, 3.8) is 0 Å². The number of benzene rings is 2. The second-order valence-corrected chi connectivity index (χ2v) is 4.00. The molecule has 2 nitrogen and oxygen atoms in total. The minimum Gasteiger partial charge on any atom is -0.508 e. The van der Waals surface area contributed by atoms with Crippen LogP contribution in [-0.4, -0.2) is 10.2 Å². The fourth-order valence-electron chi connectivity index (χ4n) is 1.79. The molecule has 0 aliphatic rings. The molecule has 0 aliphatic carbocycles. The lowest BCUT2D eigenvalue weighted by Crippen LogP contribution is -1.85. The highest BCUT2D eigenvalue weighted by Gasteiger charge is 2.06. The van der Waals surface area contributed by atoms with Gasteiger partial charge in [-0.2, -0.15) is 0 Å². The molecule has 2 rings (SSSR count). The Morgan fingerprint density at radius 2 is 1.62 bits per heavy atom. The lowest BCUT2D eigenvalue weighted by atomic mass is 9.98. The molecule has 0 radical (unpaired) electrons. The van der Waals surface area contributed by atoms with Crippen molar-refractivity contribution in [1.29, 1.82) is 0 Å². The van der Waals surface area contributed by atoms with E-state index >= 15 is 0 Å². The zero-order valence-corrected chi connectivity index (χ0v) is 9.36. The molecular formula is C14H14O2. The van der Waals surface area contributed by atoms with Gasteiger partial charge in [-0.3, -0.25) is 0 Å². The van der Waals surface area contributed by atoms with Crippen molar-refractivity contribution in [3.8, 4) is 22.6 Å². The van der Waals surface area contributed by atoms with Crippen LogP contribution in [0, 0.1) is 13.8 Å². The number of aromatic hydroxyl groups is 2. The molecule has 0 aliphatic heterocycles. The summed E-state index contributed by atoms with van der Waals surface area (Å²) < 4.78 is 0. The molecule has 0 amide bonds. The normalized spacial score (nSPS) is 10.4. The number of hydrogen-bond acceptors (Lipinski definition) is 2. The first-order chi connectivity index (χ1) is 7.58. The van der Waals surface area contributed by atoms with Gasteiger partial charge in [-0.25, -0.2) is 0 Å². The average molecular weight is 214 g/mol. The van der Waals surface area contributed by atoms with Gasteiger partial charge in [0.25, 0.3) is 0 Å². The Labute approximate surface area is 94.8 Å². The van der Waals surface area contributed by atoms with Crippen LogP contribution in [0.4, 0.5) is 0 Å². The van der Waals surface area contributed by atoms with E-state index in [9.17, 15) is 10.2 Å². The minimum absolute atomic E-state index is 0.252. The van der Waals surface area contributed by atoms with Crippen molar-refractivity contribution in [1.82, 2.24) is 0 Å². The fraction of sp³-hybridized carbons (Fsp3) is 0.143. The van der Waals surface area contributed by atoms with Crippen LogP contribution in [0.15, 0.2) is 36.4 Å². The standard InChI is InChI=1S/C14H14O2/c1-9-7-14(16)10(2)6-13(9)11-4-3-5-12(15)8-11/h3-8,15-16H,1-2H3. The number of aryl methyl sites for hydroxylation is 2. The van der Waals surface area contributed by atoms with E-state index < -0.39 is 0 Å². The van der Waals surface area contributed by atoms with Crippen LogP contribution in [0.2, 0.25) is 0 Å². The summed E-state index contributed by atoms with van der Waals surface area (Å²) in [6.07, 6.45) is 0. The van der Waals surface area contributed by atoms with Gasteiger partial charge in [0.15, 0.2) is 0 Å². The topological polar surface area (TPSA) is 40.5 Å². The fourth-order valence-corrected chi connectivity index (χ4v) is 1.79. The third kappa shape index (κ3) is 1.87. The molecule has 2 aromatic carbocycles. The predicted molar refractivity (Wildman–Crippen MR) is 64.7 cm³/mol. The van der Waals surface area contributed by atoms with Gasteiger partial charge in [0.2, 0.25) is 0 Å². The van der Waals surface area contributed by atoms with E-state index in [1.807, 2.05) is 32.0 Å². The van der Waals surface area contributed by atoms with Gasteiger partial charge in [0.1, 0.15) is 11.5 Å². The van der Waals surface area contributed by atoms with Crippen molar-refractivity contribution in [2.75, 3.05) is 0 Å². The summed E-state index contributed by atoms with van der Waals surface area (Å²) in [5, 5.41) is 19.0. The maximum atomic E-state index is 9.58. The lowest BCUT2D eigenvalue weighted by Gasteiger charge is -2.09. The molecular weight excluding hydrogens is 200 g/mol. The zero-order valence-electron chi connectivity index (χ0n) is 9.36. The van der Waals surface area contributed by atoms with E-state index in [1.54, 1.807) is 18.2 Å². The average Bonchev–Trinajstić information content (AvgIpc) is 2.23. The van der Waals surface area contributed by atoms with Gasteiger partial charge in [-0.05, 0) is 60.4 Å². The molecule has 0 saturated heterocycles. The molecule has 0 aromatic heterocycles. The Morgan fingerprint density at radius 1 is 0.875 bits per heavy atom. The largest absolute Gasteiger partial charge is 0.508 e. The third-order valence-electron chi connectivity index (χ3n) is 2.70. The Balaban J connectivity index is 2.60. The van der Waals surface area contributed by atoms with E-state index in [0.29, 0.717) is 5.75 Å². The SMILES string of the molecule is Cc1cc(-c2cccc(O)c2)c(C)cc1O. The van der Waals surface area contributed by atoms with Crippen LogP contribution in [0.25, 0.3) is 11.1 Å². The third-order valence-corrected chi connectivity index (χ3v) is 2.70. The molecule has 16 heavy (non-hydrogen) atoms. The van der Waals surface area contributed by atoms with Crippen molar-refractivity contribution in [3.05, 3.63) is 47.5 Å². The van der Waals surface area contributed by atoms with Gasteiger partial charge < -0.3 is 10.2 Å². The summed E-state index contributed by atoms with van der Waals surface area (Å²) in [6.45, 7) is 3.81. The van der Waals surface area contributed by atoms with Crippen molar-refractivity contribution in [2.24, 2.45) is 0 Å². The summed E-state index contributed by atoms with van der Waals surface area (Å²) in [5.74, 6) is 0.559. The van der Waals surface area contributed by atoms with Crippen LogP contribution in [0.1, 0.15) is 11.1 Å². The molecule has 82 valence electrons. The number of phenolic OH excluding ortho intramolecular Hbond substituents is 2. The van der Waals surface area contributed by atoms with Crippen LogP contribution >= 0.6 is 0 Å². The Kier molecular flexibility index (Phi) is 2.57. The Hall–Kier alpha value is -1.96. The van der Waals surface area contributed by atoms with Crippen LogP contribution in [0.5, 0.6) is 11.5 Å². The van der Waals surface area contributed by atoms with E-state index in [4.69, 9.17) is 0 Å². The number of phenols is 2.